The monoisotopic (exact) mass is 343 g/mol. The van der Waals surface area contributed by atoms with Crippen LogP contribution >= 0.6 is 0 Å². The average molecular weight is 343 g/mol. The topological polar surface area (TPSA) is 97.1 Å². The minimum absolute atomic E-state index is 0.000852. The number of rotatable bonds is 7. The van der Waals surface area contributed by atoms with Crippen molar-refractivity contribution in [1.29, 1.82) is 0 Å². The Kier molecular flexibility index (Phi) is 4.97. The fraction of sp³-hybridized carbons (Fsp3) is 0.412. The summed E-state index contributed by atoms with van der Waals surface area (Å²) in [5, 5.41) is 7.48. The van der Waals surface area contributed by atoms with Crippen molar-refractivity contribution < 1.29 is 14.2 Å². The molecule has 1 N–H and O–H groups in total. The van der Waals surface area contributed by atoms with Gasteiger partial charge in [0, 0.05) is 25.6 Å². The number of aryl methyl sites for hydroxylation is 1. The summed E-state index contributed by atoms with van der Waals surface area (Å²) >= 11 is 0. The molecule has 0 aliphatic heterocycles. The Labute approximate surface area is 145 Å². The lowest BCUT2D eigenvalue weighted by Crippen LogP contribution is -2.34. The Morgan fingerprint density at radius 1 is 1.36 bits per heavy atom. The van der Waals surface area contributed by atoms with Gasteiger partial charge in [0.1, 0.15) is 23.0 Å². The molecule has 1 amide bonds. The summed E-state index contributed by atoms with van der Waals surface area (Å²) in [6, 6.07) is 5.70. The molecule has 8 heteroatoms. The lowest BCUT2D eigenvalue weighted by molar-refractivity contribution is -0.130. The van der Waals surface area contributed by atoms with E-state index in [4.69, 9.17) is 4.74 Å². The Bertz CT molecular complexity index is 870. The van der Waals surface area contributed by atoms with Crippen LogP contribution in [0, 0.1) is 6.92 Å². The number of ether oxygens (including phenoxy) is 1. The van der Waals surface area contributed by atoms with Crippen molar-refractivity contribution in [2.24, 2.45) is 0 Å². The van der Waals surface area contributed by atoms with Gasteiger partial charge in [-0.25, -0.2) is 9.61 Å². The molecular weight excluding hydrogens is 322 g/mol. The summed E-state index contributed by atoms with van der Waals surface area (Å²) in [6.45, 7) is 4.93. The van der Waals surface area contributed by atoms with E-state index in [1.54, 1.807) is 18.9 Å². The predicted octanol–water partition coefficient (Wildman–Crippen LogP) is 1.90. The van der Waals surface area contributed by atoms with Crippen LogP contribution in [0.5, 0.6) is 5.75 Å². The van der Waals surface area contributed by atoms with Crippen molar-refractivity contribution in [1.82, 2.24) is 25.2 Å². The van der Waals surface area contributed by atoms with Crippen molar-refractivity contribution in [2.45, 2.75) is 26.7 Å². The van der Waals surface area contributed by atoms with Crippen molar-refractivity contribution >= 4 is 16.9 Å². The van der Waals surface area contributed by atoms with Crippen molar-refractivity contribution in [3.8, 4) is 5.75 Å². The van der Waals surface area contributed by atoms with Crippen LogP contribution in [0.3, 0.4) is 0 Å². The van der Waals surface area contributed by atoms with Gasteiger partial charge in [0.15, 0.2) is 0 Å². The molecule has 0 radical (unpaired) electrons. The van der Waals surface area contributed by atoms with E-state index in [0.29, 0.717) is 30.9 Å². The first kappa shape index (κ1) is 16.9. The Morgan fingerprint density at radius 2 is 2.20 bits per heavy atom. The minimum atomic E-state index is -0.000852. The molecule has 0 fully saturated rings. The van der Waals surface area contributed by atoms with Gasteiger partial charge in [-0.15, -0.1) is 0 Å². The molecule has 0 aliphatic carbocycles. The van der Waals surface area contributed by atoms with Crippen LogP contribution in [0.1, 0.15) is 24.1 Å². The smallest absolute Gasteiger partial charge is 0.228 e. The first-order valence-electron chi connectivity index (χ1n) is 8.19. The highest BCUT2D eigenvalue weighted by atomic mass is 16.6. The number of aromatic nitrogens is 4. The second-order valence-electron chi connectivity index (χ2n) is 5.76. The van der Waals surface area contributed by atoms with Gasteiger partial charge < -0.3 is 14.6 Å². The number of fused-ring (bicyclic) bond motifs is 1. The van der Waals surface area contributed by atoms with Crippen molar-refractivity contribution in [2.75, 3.05) is 20.2 Å². The summed E-state index contributed by atoms with van der Waals surface area (Å²) in [5.74, 6) is 1.62. The fourth-order valence-electron chi connectivity index (χ4n) is 2.65. The predicted molar refractivity (Wildman–Crippen MR) is 91.3 cm³/mol. The molecule has 0 saturated heterocycles. The number of H-pyrrole nitrogens is 1. The number of hydrogen-bond acceptors (Lipinski definition) is 6. The maximum Gasteiger partial charge on any atom is 0.228 e. The van der Waals surface area contributed by atoms with E-state index < -0.39 is 0 Å². The van der Waals surface area contributed by atoms with Crippen LogP contribution in [0.2, 0.25) is 0 Å². The number of methoxy groups -OCH3 is 1. The molecule has 2 aromatic heterocycles. The zero-order valence-corrected chi connectivity index (χ0v) is 14.6. The SMILES string of the molecule is CCN(CCc1nc2ccc(OC)cc2[nH]1)C(=O)Cc1nonc1C. The van der Waals surface area contributed by atoms with Gasteiger partial charge in [0.05, 0.1) is 24.6 Å². The third-order valence-corrected chi connectivity index (χ3v) is 4.16. The van der Waals surface area contributed by atoms with E-state index in [2.05, 4.69) is 24.9 Å². The van der Waals surface area contributed by atoms with Crippen LogP contribution in [0.4, 0.5) is 0 Å². The van der Waals surface area contributed by atoms with Crippen molar-refractivity contribution in [3.05, 3.63) is 35.4 Å². The molecular formula is C17H21N5O3. The minimum Gasteiger partial charge on any atom is -0.497 e. The van der Waals surface area contributed by atoms with Gasteiger partial charge in [-0.3, -0.25) is 4.79 Å². The molecule has 25 heavy (non-hydrogen) atoms. The Balaban J connectivity index is 1.64. The number of carbonyl (C=O) groups is 1. The summed E-state index contributed by atoms with van der Waals surface area (Å²) < 4.78 is 9.86. The molecule has 1 aromatic carbocycles. The lowest BCUT2D eigenvalue weighted by atomic mass is 10.2. The highest BCUT2D eigenvalue weighted by molar-refractivity contribution is 5.78. The highest BCUT2D eigenvalue weighted by Crippen LogP contribution is 2.19. The highest BCUT2D eigenvalue weighted by Gasteiger charge is 2.17. The number of benzene rings is 1. The lowest BCUT2D eigenvalue weighted by Gasteiger charge is -2.19. The number of hydrogen-bond donors (Lipinski definition) is 1. The third kappa shape index (κ3) is 3.78. The maximum absolute atomic E-state index is 12.4. The Morgan fingerprint density at radius 3 is 2.88 bits per heavy atom. The number of nitrogens with one attached hydrogen (secondary N) is 1. The molecule has 0 atom stereocenters. The summed E-state index contributed by atoms with van der Waals surface area (Å²) in [7, 11) is 1.63. The van der Waals surface area contributed by atoms with E-state index in [9.17, 15) is 4.79 Å². The normalized spacial score (nSPS) is 11.0. The molecule has 8 nitrogen and oxygen atoms in total. The average Bonchev–Trinajstić information content (AvgIpc) is 3.20. The van der Waals surface area contributed by atoms with Gasteiger partial charge in [0.25, 0.3) is 0 Å². The molecule has 3 aromatic rings. The second kappa shape index (κ2) is 7.33. The van der Waals surface area contributed by atoms with E-state index in [1.165, 1.54) is 0 Å². The molecule has 0 bridgehead atoms. The zero-order valence-electron chi connectivity index (χ0n) is 14.6. The molecule has 0 saturated carbocycles. The summed E-state index contributed by atoms with van der Waals surface area (Å²) in [4.78, 5) is 22.1. The number of carbonyl (C=O) groups excluding carboxylic acids is 1. The van der Waals surface area contributed by atoms with Crippen LogP contribution in [-0.2, 0) is 17.6 Å². The number of aromatic amines is 1. The fourth-order valence-corrected chi connectivity index (χ4v) is 2.65. The molecule has 2 heterocycles. The van der Waals surface area contributed by atoms with E-state index in [1.807, 2.05) is 25.1 Å². The third-order valence-electron chi connectivity index (χ3n) is 4.16. The second-order valence-corrected chi connectivity index (χ2v) is 5.76. The van der Waals surface area contributed by atoms with Crippen LogP contribution in [-0.4, -0.2) is 51.3 Å². The number of imidazole rings is 1. The first-order chi connectivity index (χ1) is 12.1. The van der Waals surface area contributed by atoms with Gasteiger partial charge in [-0.1, -0.05) is 10.3 Å². The van der Waals surface area contributed by atoms with E-state index in [0.717, 1.165) is 22.6 Å². The molecule has 0 unspecified atom stereocenters. The van der Waals surface area contributed by atoms with Gasteiger partial charge in [-0.05, 0) is 26.0 Å². The summed E-state index contributed by atoms with van der Waals surface area (Å²) in [5.41, 5.74) is 3.04. The molecule has 0 aliphatic rings. The number of likely N-dealkylation sites (N-methyl/N-ethyl adjacent to an activating group) is 1. The maximum atomic E-state index is 12.4. The largest absolute Gasteiger partial charge is 0.497 e. The van der Waals surface area contributed by atoms with Crippen LogP contribution < -0.4 is 4.74 Å². The van der Waals surface area contributed by atoms with Crippen molar-refractivity contribution in [3.63, 3.8) is 0 Å². The van der Waals surface area contributed by atoms with Gasteiger partial charge in [-0.2, -0.15) is 0 Å². The first-order valence-corrected chi connectivity index (χ1v) is 8.19. The molecule has 3 rings (SSSR count). The molecule has 132 valence electrons. The van der Waals surface area contributed by atoms with E-state index >= 15 is 0 Å². The van der Waals surface area contributed by atoms with Crippen LogP contribution in [0.25, 0.3) is 11.0 Å². The Hall–Kier alpha value is -2.90. The van der Waals surface area contributed by atoms with Gasteiger partial charge >= 0.3 is 0 Å². The standard InChI is InChI=1S/C17H21N5O3/c1-4-22(17(23)10-14-11(2)20-25-21-14)8-7-16-18-13-6-5-12(24-3)9-15(13)19-16/h5-6,9H,4,7-8,10H2,1-3H3,(H,18,19). The molecule has 0 spiro atoms. The quantitative estimate of drug-likeness (QED) is 0.704. The van der Waals surface area contributed by atoms with Gasteiger partial charge in [0.2, 0.25) is 5.91 Å². The zero-order chi connectivity index (χ0) is 17.8. The number of nitrogens with zero attached hydrogens (tertiary/aromatic N) is 4. The van der Waals surface area contributed by atoms with Crippen LogP contribution in [0.15, 0.2) is 22.8 Å². The summed E-state index contributed by atoms with van der Waals surface area (Å²) in [6.07, 6.45) is 0.840. The van der Waals surface area contributed by atoms with E-state index in [-0.39, 0.29) is 12.3 Å². The number of amides is 1.